The van der Waals surface area contributed by atoms with E-state index in [-0.39, 0.29) is 42.0 Å². The third kappa shape index (κ3) is 10.8. The molecular weight excluding hydrogens is 702 g/mol. The summed E-state index contributed by atoms with van der Waals surface area (Å²) in [6.07, 6.45) is -4.69. The number of ether oxygens (including phenoxy) is 5. The van der Waals surface area contributed by atoms with Gasteiger partial charge in [-0.3, -0.25) is 19.2 Å². The highest BCUT2D eigenvalue weighted by atomic mass is 16.6. The van der Waals surface area contributed by atoms with Crippen molar-refractivity contribution in [2.75, 3.05) is 43.6 Å². The fourth-order valence-electron chi connectivity index (χ4n) is 5.74. The van der Waals surface area contributed by atoms with Gasteiger partial charge in [-0.2, -0.15) is 5.26 Å². The standard InChI is InChI=1S/C38H47N5O11/c1-23(44)52-30(31-34(47)42(16-17-51-31)28-11-9-10-24(19-28)33(46)41-15-14-29(22-41)50-8)32(45)40-27-13-12-25(20-39)26(18-27)21-43(35(48)53-37(2,3)4)36(49)54-38(5,6)7/h9-13,18-19,29-31H,14-17,21-22H2,1-8H3,(H,40,45)/t29-,30-,31-/m1/s1. The Kier molecular flexibility index (Phi) is 13.0. The van der Waals surface area contributed by atoms with Crippen LogP contribution in [0, 0.1) is 11.3 Å². The Morgan fingerprint density at radius 2 is 1.67 bits per heavy atom. The van der Waals surface area contributed by atoms with Crippen molar-refractivity contribution in [2.24, 2.45) is 0 Å². The monoisotopic (exact) mass is 749 g/mol. The third-order valence-electron chi connectivity index (χ3n) is 8.17. The number of amides is 5. The van der Waals surface area contributed by atoms with Gasteiger partial charge in [0, 0.05) is 50.6 Å². The van der Waals surface area contributed by atoms with E-state index in [0.717, 1.165) is 6.92 Å². The first-order chi connectivity index (χ1) is 25.3. The summed E-state index contributed by atoms with van der Waals surface area (Å²) in [5, 5.41) is 12.4. The number of benzene rings is 2. The molecular formula is C38H47N5O11. The smallest absolute Gasteiger partial charge is 0.420 e. The second-order valence-electron chi connectivity index (χ2n) is 14.8. The van der Waals surface area contributed by atoms with Crippen molar-refractivity contribution in [3.8, 4) is 6.07 Å². The van der Waals surface area contributed by atoms with Crippen molar-refractivity contribution in [3.63, 3.8) is 0 Å². The molecule has 1 N–H and O–H groups in total. The van der Waals surface area contributed by atoms with Crippen LogP contribution in [-0.2, 0) is 44.6 Å². The SMILES string of the molecule is CO[C@@H]1CCN(C(=O)c2cccc(N3CCO[C@H]([C@@H](OC(C)=O)C(=O)Nc4ccc(C#N)c(CN(C(=O)OC(C)(C)C)C(=O)OC(C)(C)C)c4)C3=O)c2)C1. The van der Waals surface area contributed by atoms with Crippen molar-refractivity contribution in [3.05, 3.63) is 59.2 Å². The predicted octanol–water partition coefficient (Wildman–Crippen LogP) is 4.39. The number of carbonyl (C=O) groups is 6. The zero-order valence-electron chi connectivity index (χ0n) is 31.8. The zero-order valence-corrected chi connectivity index (χ0v) is 31.8. The zero-order chi connectivity index (χ0) is 40.0. The summed E-state index contributed by atoms with van der Waals surface area (Å²) in [6.45, 7) is 11.4. The van der Waals surface area contributed by atoms with Gasteiger partial charge in [0.05, 0.1) is 30.9 Å². The number of likely N-dealkylation sites (tertiary alicyclic amines) is 1. The minimum Gasteiger partial charge on any atom is -0.449 e. The summed E-state index contributed by atoms with van der Waals surface area (Å²) >= 11 is 0. The molecule has 2 aromatic carbocycles. The number of anilines is 2. The van der Waals surface area contributed by atoms with E-state index < -0.39 is 59.9 Å². The molecule has 0 saturated carbocycles. The lowest BCUT2D eigenvalue weighted by Crippen LogP contribution is -2.56. The van der Waals surface area contributed by atoms with Crippen molar-refractivity contribution in [1.29, 1.82) is 5.26 Å². The average Bonchev–Trinajstić information content (AvgIpc) is 3.57. The van der Waals surface area contributed by atoms with Crippen LogP contribution in [0.25, 0.3) is 0 Å². The Balaban J connectivity index is 1.57. The Bertz CT molecular complexity index is 1780. The van der Waals surface area contributed by atoms with E-state index in [2.05, 4.69) is 5.32 Å². The van der Waals surface area contributed by atoms with Gasteiger partial charge in [0.2, 0.25) is 6.10 Å². The molecule has 16 nitrogen and oxygen atoms in total. The predicted molar refractivity (Wildman–Crippen MR) is 193 cm³/mol. The highest BCUT2D eigenvalue weighted by Crippen LogP contribution is 2.26. The maximum absolute atomic E-state index is 13.9. The van der Waals surface area contributed by atoms with E-state index >= 15 is 0 Å². The van der Waals surface area contributed by atoms with Gasteiger partial charge in [0.25, 0.3) is 17.7 Å². The first-order valence-electron chi connectivity index (χ1n) is 17.4. The van der Waals surface area contributed by atoms with Crippen molar-refractivity contribution in [1.82, 2.24) is 9.80 Å². The summed E-state index contributed by atoms with van der Waals surface area (Å²) in [4.78, 5) is 83.2. The lowest BCUT2D eigenvalue weighted by atomic mass is 10.1. The molecule has 0 radical (unpaired) electrons. The van der Waals surface area contributed by atoms with Crippen LogP contribution in [0.5, 0.6) is 0 Å². The van der Waals surface area contributed by atoms with E-state index in [4.69, 9.17) is 23.7 Å². The lowest BCUT2D eigenvalue weighted by Gasteiger charge is -2.35. The molecule has 0 aliphatic carbocycles. The molecule has 0 bridgehead atoms. The largest absolute Gasteiger partial charge is 0.449 e. The summed E-state index contributed by atoms with van der Waals surface area (Å²) in [5.74, 6) is -2.68. The van der Waals surface area contributed by atoms with Gasteiger partial charge >= 0.3 is 18.2 Å². The minimum atomic E-state index is -1.75. The topological polar surface area (TPSA) is 194 Å². The molecule has 16 heteroatoms. The number of rotatable bonds is 9. The van der Waals surface area contributed by atoms with E-state index in [1.165, 1.54) is 23.1 Å². The summed E-state index contributed by atoms with van der Waals surface area (Å²) < 4.78 is 27.3. The fraction of sp³-hybridized carbons (Fsp3) is 0.500. The molecule has 2 aliphatic heterocycles. The van der Waals surface area contributed by atoms with Gasteiger partial charge < -0.3 is 38.8 Å². The molecule has 2 fully saturated rings. The summed E-state index contributed by atoms with van der Waals surface area (Å²) in [5.41, 5.74) is -0.868. The number of nitrogens with zero attached hydrogens (tertiary/aromatic N) is 4. The molecule has 4 rings (SSSR count). The van der Waals surface area contributed by atoms with E-state index in [0.29, 0.717) is 35.7 Å². The van der Waals surface area contributed by atoms with E-state index in [9.17, 15) is 34.0 Å². The van der Waals surface area contributed by atoms with Crippen LogP contribution >= 0.6 is 0 Å². The van der Waals surface area contributed by atoms with Crippen molar-refractivity contribution >= 4 is 47.3 Å². The lowest BCUT2D eigenvalue weighted by molar-refractivity contribution is -0.167. The number of hydrogen-bond donors (Lipinski definition) is 1. The third-order valence-corrected chi connectivity index (χ3v) is 8.17. The molecule has 0 unspecified atom stereocenters. The molecule has 54 heavy (non-hydrogen) atoms. The van der Waals surface area contributed by atoms with Gasteiger partial charge in [-0.1, -0.05) is 6.07 Å². The molecule has 2 heterocycles. The number of nitriles is 1. The molecule has 2 aromatic rings. The second kappa shape index (κ2) is 17.1. The first-order valence-corrected chi connectivity index (χ1v) is 17.4. The number of carbonyl (C=O) groups excluding carboxylic acids is 6. The fourth-order valence-corrected chi connectivity index (χ4v) is 5.74. The molecule has 290 valence electrons. The van der Waals surface area contributed by atoms with Crippen LogP contribution in [0.15, 0.2) is 42.5 Å². The number of imide groups is 1. The Labute approximate surface area is 314 Å². The Hall–Kier alpha value is -5.53. The van der Waals surface area contributed by atoms with Crippen molar-refractivity contribution < 1.29 is 52.5 Å². The van der Waals surface area contributed by atoms with Gasteiger partial charge in [0.15, 0.2) is 6.10 Å². The normalized spacial score (nSPS) is 17.9. The van der Waals surface area contributed by atoms with Gasteiger partial charge in [-0.25, -0.2) is 14.5 Å². The molecule has 0 aromatic heterocycles. The molecule has 0 spiro atoms. The Morgan fingerprint density at radius 3 is 2.24 bits per heavy atom. The number of hydrogen-bond acceptors (Lipinski definition) is 12. The number of nitrogens with one attached hydrogen (secondary N) is 1. The van der Waals surface area contributed by atoms with Gasteiger partial charge in [-0.15, -0.1) is 0 Å². The van der Waals surface area contributed by atoms with Crippen LogP contribution in [-0.4, -0.2) is 109 Å². The maximum atomic E-state index is 13.9. The summed E-state index contributed by atoms with van der Waals surface area (Å²) in [6, 6.07) is 12.6. The second-order valence-corrected chi connectivity index (χ2v) is 14.8. The first kappa shape index (κ1) is 41.2. The molecule has 2 aliphatic rings. The van der Waals surface area contributed by atoms with Crippen LogP contribution < -0.4 is 10.2 Å². The minimum absolute atomic E-state index is 0.0204. The van der Waals surface area contributed by atoms with Gasteiger partial charge in [-0.05, 0) is 89.9 Å². The molecule has 5 amide bonds. The molecule has 2 saturated heterocycles. The highest BCUT2D eigenvalue weighted by Gasteiger charge is 2.43. The van der Waals surface area contributed by atoms with Crippen molar-refractivity contribution in [2.45, 2.75) is 90.9 Å². The van der Waals surface area contributed by atoms with Crippen LogP contribution in [0.1, 0.15) is 76.4 Å². The van der Waals surface area contributed by atoms with Crippen LogP contribution in [0.3, 0.4) is 0 Å². The summed E-state index contributed by atoms with van der Waals surface area (Å²) in [7, 11) is 1.60. The average molecular weight is 750 g/mol. The molecule has 3 atom stereocenters. The number of esters is 1. The van der Waals surface area contributed by atoms with E-state index in [1.807, 2.05) is 6.07 Å². The quantitative estimate of drug-likeness (QED) is 0.281. The highest BCUT2D eigenvalue weighted by molar-refractivity contribution is 6.05. The Morgan fingerprint density at radius 1 is 1.00 bits per heavy atom. The van der Waals surface area contributed by atoms with E-state index in [1.54, 1.807) is 77.8 Å². The number of methoxy groups -OCH3 is 1. The van der Waals surface area contributed by atoms with Gasteiger partial charge in [0.1, 0.15) is 11.2 Å². The van der Waals surface area contributed by atoms with Crippen LogP contribution in [0.2, 0.25) is 0 Å². The number of morpholine rings is 1. The maximum Gasteiger partial charge on any atom is 0.420 e. The van der Waals surface area contributed by atoms with Crippen LogP contribution in [0.4, 0.5) is 21.0 Å².